The van der Waals surface area contributed by atoms with Crippen LogP contribution >= 0.6 is 11.6 Å². The molecule has 138 valence electrons. The number of nitrogens with zero attached hydrogens (tertiary/aromatic N) is 2. The van der Waals surface area contributed by atoms with Gasteiger partial charge in [-0.05, 0) is 24.3 Å². The summed E-state index contributed by atoms with van der Waals surface area (Å²) in [5, 5.41) is 5.74. The van der Waals surface area contributed by atoms with Crippen molar-refractivity contribution >= 4 is 29.0 Å². The zero-order valence-electron chi connectivity index (χ0n) is 14.4. The first-order chi connectivity index (χ1) is 13.1. The van der Waals surface area contributed by atoms with Crippen LogP contribution in [0.3, 0.4) is 0 Å². The molecule has 27 heavy (non-hydrogen) atoms. The van der Waals surface area contributed by atoms with Crippen molar-refractivity contribution in [2.24, 2.45) is 0 Å². The average Bonchev–Trinajstić information content (AvgIpc) is 2.69. The highest BCUT2D eigenvalue weighted by atomic mass is 35.5. The highest BCUT2D eigenvalue weighted by Crippen LogP contribution is 2.22. The first-order valence-corrected chi connectivity index (χ1v) is 8.39. The number of anilines is 2. The summed E-state index contributed by atoms with van der Waals surface area (Å²) in [6, 6.07) is 13.1. The predicted molar refractivity (Wildman–Crippen MR) is 101 cm³/mol. The number of nitrogens with one attached hydrogen (secondary N) is 2. The molecule has 0 spiro atoms. The molecule has 3 rings (SSSR count). The van der Waals surface area contributed by atoms with E-state index in [0.29, 0.717) is 23.8 Å². The quantitative estimate of drug-likeness (QED) is 0.670. The molecule has 0 atom stereocenters. The SMILES string of the molecule is COc1ccccc1CNC(=O)c1cc(Nc2ccc(F)c(Cl)c2)ncn1. The zero-order chi connectivity index (χ0) is 19.2. The number of hydrogen-bond donors (Lipinski definition) is 2. The van der Waals surface area contributed by atoms with Crippen molar-refractivity contribution in [1.29, 1.82) is 0 Å². The van der Waals surface area contributed by atoms with E-state index in [1.807, 2.05) is 24.3 Å². The molecule has 0 aliphatic heterocycles. The van der Waals surface area contributed by atoms with Gasteiger partial charge < -0.3 is 15.4 Å². The maximum Gasteiger partial charge on any atom is 0.270 e. The lowest BCUT2D eigenvalue weighted by Gasteiger charge is -2.10. The van der Waals surface area contributed by atoms with Gasteiger partial charge in [0.25, 0.3) is 5.91 Å². The van der Waals surface area contributed by atoms with Crippen LogP contribution in [0.2, 0.25) is 5.02 Å². The Balaban J connectivity index is 1.69. The van der Waals surface area contributed by atoms with Crippen molar-refractivity contribution in [1.82, 2.24) is 15.3 Å². The normalized spacial score (nSPS) is 10.3. The summed E-state index contributed by atoms with van der Waals surface area (Å²) in [6.45, 7) is 0.295. The maximum atomic E-state index is 13.2. The van der Waals surface area contributed by atoms with Crippen LogP contribution in [0.15, 0.2) is 54.9 Å². The van der Waals surface area contributed by atoms with E-state index in [2.05, 4.69) is 20.6 Å². The van der Waals surface area contributed by atoms with Gasteiger partial charge in [-0.15, -0.1) is 0 Å². The Bertz CT molecular complexity index is 968. The summed E-state index contributed by atoms with van der Waals surface area (Å²) in [6.07, 6.45) is 1.27. The Morgan fingerprint density at radius 2 is 2.00 bits per heavy atom. The Kier molecular flexibility index (Phi) is 5.83. The minimum absolute atomic E-state index is 0.0103. The van der Waals surface area contributed by atoms with Crippen molar-refractivity contribution in [3.05, 3.63) is 77.0 Å². The zero-order valence-corrected chi connectivity index (χ0v) is 15.1. The average molecular weight is 387 g/mol. The van der Waals surface area contributed by atoms with Gasteiger partial charge in [-0.1, -0.05) is 29.8 Å². The number of ether oxygens (including phenoxy) is 1. The van der Waals surface area contributed by atoms with Gasteiger partial charge in [0.1, 0.15) is 29.4 Å². The van der Waals surface area contributed by atoms with Gasteiger partial charge in [0, 0.05) is 23.9 Å². The van der Waals surface area contributed by atoms with E-state index in [1.165, 1.54) is 30.6 Å². The molecule has 1 amide bonds. The summed E-state index contributed by atoms with van der Waals surface area (Å²) in [4.78, 5) is 20.4. The van der Waals surface area contributed by atoms with Crippen LogP contribution in [-0.2, 0) is 6.54 Å². The highest BCUT2D eigenvalue weighted by Gasteiger charge is 2.11. The molecule has 0 fully saturated rings. The molecule has 0 radical (unpaired) electrons. The number of carbonyl (C=O) groups is 1. The molecular weight excluding hydrogens is 371 g/mol. The van der Waals surface area contributed by atoms with E-state index in [1.54, 1.807) is 7.11 Å². The lowest BCUT2D eigenvalue weighted by molar-refractivity contribution is 0.0945. The van der Waals surface area contributed by atoms with Crippen molar-refractivity contribution in [3.8, 4) is 5.75 Å². The van der Waals surface area contributed by atoms with E-state index in [4.69, 9.17) is 16.3 Å². The van der Waals surface area contributed by atoms with E-state index in [-0.39, 0.29) is 16.6 Å². The number of benzene rings is 2. The van der Waals surface area contributed by atoms with Crippen molar-refractivity contribution < 1.29 is 13.9 Å². The fourth-order valence-corrected chi connectivity index (χ4v) is 2.57. The fraction of sp³-hybridized carbons (Fsp3) is 0.105. The third-order valence-electron chi connectivity index (χ3n) is 3.72. The van der Waals surface area contributed by atoms with E-state index >= 15 is 0 Å². The summed E-state index contributed by atoms with van der Waals surface area (Å²) < 4.78 is 18.5. The first-order valence-electron chi connectivity index (χ1n) is 8.01. The fourth-order valence-electron chi connectivity index (χ4n) is 2.39. The molecule has 3 aromatic rings. The van der Waals surface area contributed by atoms with Crippen LogP contribution in [0.25, 0.3) is 0 Å². The van der Waals surface area contributed by atoms with Crippen molar-refractivity contribution in [2.45, 2.75) is 6.54 Å². The number of methoxy groups -OCH3 is 1. The van der Waals surface area contributed by atoms with Gasteiger partial charge in [0.2, 0.25) is 0 Å². The van der Waals surface area contributed by atoms with E-state index in [0.717, 1.165) is 5.56 Å². The van der Waals surface area contributed by atoms with Gasteiger partial charge in [-0.25, -0.2) is 14.4 Å². The summed E-state index contributed by atoms with van der Waals surface area (Å²) in [5.41, 5.74) is 1.58. The van der Waals surface area contributed by atoms with Crippen LogP contribution in [0, 0.1) is 5.82 Å². The Labute approximate surface area is 160 Å². The van der Waals surface area contributed by atoms with Crippen LogP contribution in [0.5, 0.6) is 5.75 Å². The monoisotopic (exact) mass is 386 g/mol. The second-order valence-electron chi connectivity index (χ2n) is 5.54. The molecule has 0 aliphatic carbocycles. The molecule has 0 bridgehead atoms. The Morgan fingerprint density at radius 3 is 2.78 bits per heavy atom. The number of hydrogen-bond acceptors (Lipinski definition) is 5. The van der Waals surface area contributed by atoms with Gasteiger partial charge in [-0.3, -0.25) is 4.79 Å². The summed E-state index contributed by atoms with van der Waals surface area (Å²) in [7, 11) is 1.57. The molecule has 0 aliphatic rings. The lowest BCUT2D eigenvalue weighted by Crippen LogP contribution is -2.24. The molecule has 2 aromatic carbocycles. The smallest absolute Gasteiger partial charge is 0.270 e. The molecule has 0 unspecified atom stereocenters. The summed E-state index contributed by atoms with van der Waals surface area (Å²) in [5.74, 6) is 0.205. The van der Waals surface area contributed by atoms with E-state index in [9.17, 15) is 9.18 Å². The minimum atomic E-state index is -0.513. The van der Waals surface area contributed by atoms with E-state index < -0.39 is 5.82 Å². The van der Waals surface area contributed by atoms with Crippen LogP contribution < -0.4 is 15.4 Å². The van der Waals surface area contributed by atoms with Crippen LogP contribution in [-0.4, -0.2) is 23.0 Å². The Hall–Kier alpha value is -3.19. The Morgan fingerprint density at radius 1 is 1.19 bits per heavy atom. The molecule has 1 heterocycles. The number of amides is 1. The molecule has 2 N–H and O–H groups in total. The number of carbonyl (C=O) groups excluding carboxylic acids is 1. The maximum absolute atomic E-state index is 13.2. The van der Waals surface area contributed by atoms with Crippen molar-refractivity contribution in [3.63, 3.8) is 0 Å². The largest absolute Gasteiger partial charge is 0.496 e. The molecular formula is C19H16ClFN4O2. The van der Waals surface area contributed by atoms with Crippen LogP contribution in [0.4, 0.5) is 15.9 Å². The standard InChI is InChI=1S/C19H16ClFN4O2/c1-27-17-5-3-2-4-12(17)10-22-19(26)16-9-18(24-11-23-16)25-13-6-7-15(21)14(20)8-13/h2-9,11H,10H2,1H3,(H,22,26)(H,23,24,25). The van der Waals surface area contributed by atoms with Gasteiger partial charge in [-0.2, -0.15) is 0 Å². The van der Waals surface area contributed by atoms with Gasteiger partial charge in [0.15, 0.2) is 0 Å². The number of rotatable bonds is 6. The number of para-hydroxylation sites is 1. The second kappa shape index (κ2) is 8.46. The third-order valence-corrected chi connectivity index (χ3v) is 4.01. The molecule has 8 heteroatoms. The molecule has 1 aromatic heterocycles. The van der Waals surface area contributed by atoms with Crippen LogP contribution in [0.1, 0.15) is 16.1 Å². The summed E-state index contributed by atoms with van der Waals surface area (Å²) >= 11 is 5.76. The molecule has 6 nitrogen and oxygen atoms in total. The lowest BCUT2D eigenvalue weighted by atomic mass is 10.2. The predicted octanol–water partition coefficient (Wildman–Crippen LogP) is 3.95. The number of aromatic nitrogens is 2. The van der Waals surface area contributed by atoms with Crippen molar-refractivity contribution in [2.75, 3.05) is 12.4 Å². The van der Waals surface area contributed by atoms with Gasteiger partial charge >= 0.3 is 0 Å². The topological polar surface area (TPSA) is 76.1 Å². The first kappa shape index (κ1) is 18.6. The second-order valence-corrected chi connectivity index (χ2v) is 5.94. The number of halogens is 2. The highest BCUT2D eigenvalue weighted by molar-refractivity contribution is 6.31. The molecule has 0 saturated heterocycles. The third kappa shape index (κ3) is 4.71. The minimum Gasteiger partial charge on any atom is -0.496 e. The molecule has 0 saturated carbocycles. The van der Waals surface area contributed by atoms with Gasteiger partial charge in [0.05, 0.1) is 12.1 Å².